The molecule has 1 aromatic rings. The predicted octanol–water partition coefficient (Wildman–Crippen LogP) is 1.40. The van der Waals surface area contributed by atoms with E-state index in [0.717, 1.165) is 49.0 Å². The third kappa shape index (κ3) is 4.65. The van der Waals surface area contributed by atoms with Gasteiger partial charge in [-0.3, -0.25) is 0 Å². The van der Waals surface area contributed by atoms with Crippen LogP contribution in [0.1, 0.15) is 38.4 Å². The molecule has 0 fully saturated rings. The molecular formula is C11H22N4OS. The number of hydrogen-bond acceptors (Lipinski definition) is 5. The van der Waals surface area contributed by atoms with Crippen molar-refractivity contribution >= 4 is 11.8 Å². The second-order valence-corrected chi connectivity index (χ2v) is 4.90. The van der Waals surface area contributed by atoms with Gasteiger partial charge in [0.2, 0.25) is 0 Å². The Morgan fingerprint density at radius 2 is 2.00 bits per heavy atom. The molecule has 5 nitrogen and oxygen atoms in total. The first-order valence-electron chi connectivity index (χ1n) is 6.19. The van der Waals surface area contributed by atoms with Gasteiger partial charge in [-0.2, -0.15) is 0 Å². The number of aliphatic hydroxyl groups excluding tert-OH is 1. The highest BCUT2D eigenvalue weighted by molar-refractivity contribution is 7.99. The van der Waals surface area contributed by atoms with Gasteiger partial charge in [-0.15, -0.1) is 10.2 Å². The molecule has 98 valence electrons. The minimum Gasteiger partial charge on any atom is -0.396 e. The Morgan fingerprint density at radius 1 is 1.24 bits per heavy atom. The van der Waals surface area contributed by atoms with E-state index in [4.69, 9.17) is 10.8 Å². The summed E-state index contributed by atoms with van der Waals surface area (Å²) in [6.07, 6.45) is 4.33. The van der Waals surface area contributed by atoms with Crippen LogP contribution in [0.15, 0.2) is 5.16 Å². The SMILES string of the molecule is CCn1c(CN)nnc1SCCCCCCO. The lowest BCUT2D eigenvalue weighted by Crippen LogP contribution is -2.08. The first-order valence-corrected chi connectivity index (χ1v) is 7.17. The van der Waals surface area contributed by atoms with E-state index in [2.05, 4.69) is 21.7 Å². The second kappa shape index (κ2) is 8.49. The second-order valence-electron chi connectivity index (χ2n) is 3.83. The number of nitrogens with two attached hydrogens (primary N) is 1. The molecule has 0 saturated carbocycles. The standard InChI is InChI=1S/C11H22N4OS/c1-2-15-10(9-12)13-14-11(15)17-8-6-4-3-5-7-16/h16H,2-9,12H2,1H3. The van der Waals surface area contributed by atoms with Gasteiger partial charge in [-0.25, -0.2) is 0 Å². The van der Waals surface area contributed by atoms with Crippen LogP contribution >= 0.6 is 11.8 Å². The smallest absolute Gasteiger partial charge is 0.191 e. The molecule has 0 aliphatic heterocycles. The van der Waals surface area contributed by atoms with Crippen LogP contribution in [-0.2, 0) is 13.1 Å². The van der Waals surface area contributed by atoms with Crippen LogP contribution < -0.4 is 5.73 Å². The van der Waals surface area contributed by atoms with Crippen LogP contribution in [0.4, 0.5) is 0 Å². The average Bonchev–Trinajstić information content (AvgIpc) is 2.75. The van der Waals surface area contributed by atoms with Crippen molar-refractivity contribution in [1.82, 2.24) is 14.8 Å². The third-order valence-electron chi connectivity index (χ3n) is 2.58. The molecule has 0 radical (unpaired) electrons. The zero-order valence-corrected chi connectivity index (χ0v) is 11.2. The van der Waals surface area contributed by atoms with Gasteiger partial charge in [0.15, 0.2) is 5.16 Å². The highest BCUT2D eigenvalue weighted by Crippen LogP contribution is 2.18. The molecule has 0 unspecified atom stereocenters. The fourth-order valence-electron chi connectivity index (χ4n) is 1.63. The zero-order valence-electron chi connectivity index (χ0n) is 10.4. The largest absolute Gasteiger partial charge is 0.396 e. The van der Waals surface area contributed by atoms with E-state index in [1.54, 1.807) is 11.8 Å². The molecule has 3 N–H and O–H groups in total. The molecule has 6 heteroatoms. The maximum Gasteiger partial charge on any atom is 0.191 e. The van der Waals surface area contributed by atoms with Crippen molar-refractivity contribution in [2.24, 2.45) is 5.73 Å². The number of thioether (sulfide) groups is 1. The van der Waals surface area contributed by atoms with Gasteiger partial charge in [0.05, 0.1) is 6.54 Å². The van der Waals surface area contributed by atoms with Crippen LogP contribution in [0.5, 0.6) is 0 Å². The minimum atomic E-state index is 0.303. The van der Waals surface area contributed by atoms with Gasteiger partial charge in [0.1, 0.15) is 5.82 Å². The molecule has 0 aliphatic carbocycles. The lowest BCUT2D eigenvalue weighted by atomic mass is 10.2. The monoisotopic (exact) mass is 258 g/mol. The van der Waals surface area contributed by atoms with Crippen molar-refractivity contribution in [3.63, 3.8) is 0 Å². The van der Waals surface area contributed by atoms with E-state index in [9.17, 15) is 0 Å². The molecule has 0 atom stereocenters. The van der Waals surface area contributed by atoms with Crippen LogP contribution in [0, 0.1) is 0 Å². The molecule has 0 aliphatic rings. The Bertz CT molecular complexity index is 316. The molecule has 1 rings (SSSR count). The van der Waals surface area contributed by atoms with Gasteiger partial charge in [0.25, 0.3) is 0 Å². The van der Waals surface area contributed by atoms with Crippen molar-refractivity contribution < 1.29 is 5.11 Å². The van der Waals surface area contributed by atoms with Crippen LogP contribution in [0.3, 0.4) is 0 Å². The van der Waals surface area contributed by atoms with Crippen LogP contribution in [-0.4, -0.2) is 32.2 Å². The highest BCUT2D eigenvalue weighted by atomic mass is 32.2. The predicted molar refractivity (Wildman–Crippen MR) is 69.9 cm³/mol. The van der Waals surface area contributed by atoms with E-state index < -0.39 is 0 Å². The Morgan fingerprint density at radius 3 is 2.65 bits per heavy atom. The summed E-state index contributed by atoms with van der Waals surface area (Å²) in [5.41, 5.74) is 5.59. The first kappa shape index (κ1) is 14.5. The Hall–Kier alpha value is -0.590. The van der Waals surface area contributed by atoms with Crippen LogP contribution in [0.2, 0.25) is 0 Å². The zero-order chi connectivity index (χ0) is 12.5. The van der Waals surface area contributed by atoms with Gasteiger partial charge in [0, 0.05) is 18.9 Å². The number of rotatable bonds is 9. The topological polar surface area (TPSA) is 77.0 Å². The summed E-state index contributed by atoms with van der Waals surface area (Å²) >= 11 is 1.74. The summed E-state index contributed by atoms with van der Waals surface area (Å²) in [5.74, 6) is 1.91. The Balaban J connectivity index is 2.29. The molecular weight excluding hydrogens is 236 g/mol. The number of aromatic nitrogens is 3. The lowest BCUT2D eigenvalue weighted by molar-refractivity contribution is 0.283. The summed E-state index contributed by atoms with van der Waals surface area (Å²) < 4.78 is 2.07. The van der Waals surface area contributed by atoms with Crippen LogP contribution in [0.25, 0.3) is 0 Å². The molecule has 1 heterocycles. The van der Waals surface area contributed by atoms with Gasteiger partial charge in [-0.05, 0) is 19.8 Å². The van der Waals surface area contributed by atoms with Crippen molar-refractivity contribution in [3.8, 4) is 0 Å². The number of unbranched alkanes of at least 4 members (excludes halogenated alkanes) is 3. The lowest BCUT2D eigenvalue weighted by Gasteiger charge is -2.05. The van der Waals surface area contributed by atoms with Crippen molar-refractivity contribution in [2.75, 3.05) is 12.4 Å². The fraction of sp³-hybridized carbons (Fsp3) is 0.818. The van der Waals surface area contributed by atoms with E-state index in [1.165, 1.54) is 0 Å². The average molecular weight is 258 g/mol. The fourth-order valence-corrected chi connectivity index (χ4v) is 2.65. The van der Waals surface area contributed by atoms with Crippen molar-refractivity contribution in [3.05, 3.63) is 5.82 Å². The number of hydrogen-bond donors (Lipinski definition) is 2. The summed E-state index contributed by atoms with van der Waals surface area (Å²) in [7, 11) is 0. The molecule has 0 bridgehead atoms. The number of nitrogens with zero attached hydrogens (tertiary/aromatic N) is 3. The molecule has 1 aromatic heterocycles. The molecule has 0 aromatic carbocycles. The normalized spacial score (nSPS) is 11.0. The van der Waals surface area contributed by atoms with Crippen molar-refractivity contribution in [1.29, 1.82) is 0 Å². The highest BCUT2D eigenvalue weighted by Gasteiger charge is 2.08. The maximum absolute atomic E-state index is 8.66. The van der Waals surface area contributed by atoms with E-state index in [0.29, 0.717) is 13.2 Å². The third-order valence-corrected chi connectivity index (χ3v) is 3.63. The summed E-state index contributed by atoms with van der Waals surface area (Å²) in [6.45, 7) is 3.69. The minimum absolute atomic E-state index is 0.303. The number of aliphatic hydroxyl groups is 1. The maximum atomic E-state index is 8.66. The van der Waals surface area contributed by atoms with Gasteiger partial charge in [-0.1, -0.05) is 24.6 Å². The molecule has 0 saturated heterocycles. The first-order chi connectivity index (χ1) is 8.33. The molecule has 17 heavy (non-hydrogen) atoms. The molecule has 0 amide bonds. The van der Waals surface area contributed by atoms with Gasteiger partial charge >= 0.3 is 0 Å². The van der Waals surface area contributed by atoms with E-state index in [1.807, 2.05) is 0 Å². The summed E-state index contributed by atoms with van der Waals surface area (Å²) in [4.78, 5) is 0. The van der Waals surface area contributed by atoms with E-state index >= 15 is 0 Å². The van der Waals surface area contributed by atoms with Crippen molar-refractivity contribution in [2.45, 2.75) is 50.9 Å². The Kier molecular flexibility index (Phi) is 7.23. The molecule has 0 spiro atoms. The van der Waals surface area contributed by atoms with E-state index in [-0.39, 0.29) is 0 Å². The summed E-state index contributed by atoms with van der Waals surface area (Å²) in [6, 6.07) is 0. The van der Waals surface area contributed by atoms with Gasteiger partial charge < -0.3 is 15.4 Å². The Labute approximate surface area is 107 Å². The summed E-state index contributed by atoms with van der Waals surface area (Å²) in [5, 5.41) is 17.8. The quantitative estimate of drug-likeness (QED) is 0.517.